The van der Waals surface area contributed by atoms with Gasteiger partial charge in [-0.3, -0.25) is 0 Å². The summed E-state index contributed by atoms with van der Waals surface area (Å²) < 4.78 is 30.8. The van der Waals surface area contributed by atoms with Crippen LogP contribution in [0.5, 0.6) is 0 Å². The van der Waals surface area contributed by atoms with Gasteiger partial charge in [-0.1, -0.05) is 34.6 Å². The molecule has 14 heteroatoms. The van der Waals surface area contributed by atoms with Crippen LogP contribution in [0.4, 0.5) is 0 Å². The molecule has 0 bridgehead atoms. The van der Waals surface area contributed by atoms with E-state index < -0.39 is 91.4 Å². The zero-order valence-electron chi connectivity index (χ0n) is 34.0. The van der Waals surface area contributed by atoms with Crippen LogP contribution in [0.25, 0.3) is 0 Å². The Kier molecular flexibility index (Phi) is 11.1. The Morgan fingerprint density at radius 2 is 1.38 bits per heavy atom. The third kappa shape index (κ3) is 6.50. The maximum absolute atomic E-state index is 12.3. The zero-order valence-corrected chi connectivity index (χ0v) is 34.0. The molecule has 14 nitrogen and oxygen atoms in total. The fraction of sp³-hybridized carbons (Fsp3) is 1.00. The van der Waals surface area contributed by atoms with Gasteiger partial charge in [0.1, 0.15) is 48.8 Å². The largest absolute Gasteiger partial charge is 0.394 e. The molecule has 0 aromatic heterocycles. The molecular formula is C41H70O14. The fourth-order valence-electron chi connectivity index (χ4n) is 14.0. The van der Waals surface area contributed by atoms with Crippen molar-refractivity contribution in [3.63, 3.8) is 0 Å². The molecule has 3 aliphatic heterocycles. The molecule has 0 aromatic carbocycles. The summed E-state index contributed by atoms with van der Waals surface area (Å²) in [5.74, 6) is 0.473. The zero-order chi connectivity index (χ0) is 40.4. The number of rotatable bonds is 7. The predicted octanol–water partition coefficient (Wildman–Crippen LogP) is 0.970. The summed E-state index contributed by atoms with van der Waals surface area (Å²) in [6, 6.07) is 0. The van der Waals surface area contributed by atoms with E-state index in [9.17, 15) is 46.0 Å². The van der Waals surface area contributed by atoms with Gasteiger partial charge in [-0.15, -0.1) is 0 Å². The predicted molar refractivity (Wildman–Crippen MR) is 196 cm³/mol. The number of aliphatic hydroxyl groups is 9. The van der Waals surface area contributed by atoms with Crippen molar-refractivity contribution in [3.05, 3.63) is 0 Å². The summed E-state index contributed by atoms with van der Waals surface area (Å²) in [7, 11) is 0. The van der Waals surface area contributed by atoms with E-state index in [0.29, 0.717) is 19.3 Å². The van der Waals surface area contributed by atoms with Crippen molar-refractivity contribution in [2.45, 2.75) is 198 Å². The number of fused-ring (bicyclic) bond motifs is 5. The summed E-state index contributed by atoms with van der Waals surface area (Å²) in [5, 5.41) is 96.8. The van der Waals surface area contributed by atoms with Crippen LogP contribution in [-0.2, 0) is 23.7 Å². The Morgan fingerprint density at radius 1 is 0.709 bits per heavy atom. The molecule has 4 aliphatic carbocycles. The van der Waals surface area contributed by atoms with E-state index in [-0.39, 0.29) is 58.0 Å². The van der Waals surface area contributed by atoms with Crippen molar-refractivity contribution in [1.82, 2.24) is 0 Å². The maximum atomic E-state index is 12.3. The van der Waals surface area contributed by atoms with Crippen molar-refractivity contribution in [2.75, 3.05) is 13.2 Å². The van der Waals surface area contributed by atoms with Gasteiger partial charge in [-0.25, -0.2) is 0 Å². The van der Waals surface area contributed by atoms with Crippen LogP contribution in [-0.4, -0.2) is 150 Å². The number of hydrogen-bond acceptors (Lipinski definition) is 14. The molecule has 3 heterocycles. The van der Waals surface area contributed by atoms with Gasteiger partial charge in [-0.2, -0.15) is 0 Å². The lowest BCUT2D eigenvalue weighted by Crippen LogP contribution is -2.67. The fourth-order valence-corrected chi connectivity index (χ4v) is 14.0. The number of aliphatic hydroxyl groups excluding tert-OH is 8. The van der Waals surface area contributed by atoms with E-state index in [2.05, 4.69) is 41.5 Å². The lowest BCUT2D eigenvalue weighted by molar-refractivity contribution is -0.367. The van der Waals surface area contributed by atoms with Gasteiger partial charge in [-0.05, 0) is 111 Å². The molecule has 0 spiro atoms. The van der Waals surface area contributed by atoms with E-state index in [4.69, 9.17) is 23.7 Å². The Hall–Kier alpha value is -0.560. The maximum Gasteiger partial charge on any atom is 0.187 e. The molecule has 0 aromatic rings. The first-order valence-electron chi connectivity index (χ1n) is 20.8. The van der Waals surface area contributed by atoms with Gasteiger partial charge in [0.15, 0.2) is 12.6 Å². The second kappa shape index (κ2) is 14.3. The molecule has 318 valence electrons. The number of ether oxygens (including phenoxy) is 5. The van der Waals surface area contributed by atoms with Crippen LogP contribution in [0, 0.1) is 45.3 Å². The highest BCUT2D eigenvalue weighted by Gasteiger charge is 2.72. The second-order valence-electron chi connectivity index (χ2n) is 20.8. The van der Waals surface area contributed by atoms with Crippen LogP contribution < -0.4 is 0 Å². The second-order valence-corrected chi connectivity index (χ2v) is 20.8. The molecule has 7 rings (SSSR count). The lowest BCUT2D eigenvalue weighted by atomic mass is 9.35. The molecular weight excluding hydrogens is 716 g/mol. The molecule has 4 saturated carbocycles. The summed E-state index contributed by atoms with van der Waals surface area (Å²) >= 11 is 0. The highest BCUT2D eigenvalue weighted by molar-refractivity contribution is 5.21. The van der Waals surface area contributed by atoms with E-state index >= 15 is 0 Å². The topological polar surface area (TPSA) is 228 Å². The van der Waals surface area contributed by atoms with Crippen molar-refractivity contribution in [3.8, 4) is 0 Å². The standard InChI is InChI=1S/C41H70O14/c1-36(2)24-10-14-39(6)25(15-20(43)27-19(9-13-40(27,39)7)41(8)16-21(44)33(55-41)37(3,4)50)38(24,5)12-11-26(36)53-35-32(28(46)22(45)18-51-35)54-34-31(49)30(48)29(47)23(17-42)52-34/h19-35,42-50H,9-18H2,1-8H3/t19-,20+,21-,22+,23+,24-,25+,26-,27-,28-,29+,30-,31+,32+,33+,34-,35-,38-,39+,40+,41-/m0/s1. The van der Waals surface area contributed by atoms with Crippen molar-refractivity contribution in [1.29, 1.82) is 0 Å². The minimum absolute atomic E-state index is 0.00908. The van der Waals surface area contributed by atoms with E-state index in [1.165, 1.54) is 0 Å². The van der Waals surface area contributed by atoms with Crippen LogP contribution in [0.15, 0.2) is 0 Å². The summed E-state index contributed by atoms with van der Waals surface area (Å²) in [4.78, 5) is 0. The van der Waals surface area contributed by atoms with Gasteiger partial charge in [0.05, 0.1) is 42.7 Å². The highest BCUT2D eigenvalue weighted by atomic mass is 16.8. The van der Waals surface area contributed by atoms with Crippen molar-refractivity contribution < 1.29 is 69.6 Å². The lowest BCUT2D eigenvalue weighted by Gasteiger charge is -2.70. The summed E-state index contributed by atoms with van der Waals surface area (Å²) in [6.07, 6.45) is -9.03. The third-order valence-electron chi connectivity index (χ3n) is 17.0. The Labute approximate surface area is 325 Å². The molecule has 3 saturated heterocycles. The average molecular weight is 787 g/mol. The quantitative estimate of drug-likeness (QED) is 0.164. The molecule has 7 aliphatic rings. The van der Waals surface area contributed by atoms with Gasteiger partial charge in [0.2, 0.25) is 0 Å². The first kappa shape index (κ1) is 42.6. The van der Waals surface area contributed by atoms with Crippen molar-refractivity contribution in [2.24, 2.45) is 45.3 Å². The Morgan fingerprint density at radius 3 is 2.02 bits per heavy atom. The number of hydrogen-bond donors (Lipinski definition) is 9. The average Bonchev–Trinajstić information content (AvgIpc) is 3.65. The minimum atomic E-state index is -1.71. The van der Waals surface area contributed by atoms with E-state index in [0.717, 1.165) is 32.1 Å². The molecule has 21 atom stereocenters. The monoisotopic (exact) mass is 786 g/mol. The first-order valence-corrected chi connectivity index (χ1v) is 20.8. The molecule has 9 N–H and O–H groups in total. The van der Waals surface area contributed by atoms with Crippen LogP contribution in [0.3, 0.4) is 0 Å². The van der Waals surface area contributed by atoms with Crippen LogP contribution in [0.1, 0.15) is 107 Å². The Bertz CT molecular complexity index is 1390. The van der Waals surface area contributed by atoms with E-state index in [1.54, 1.807) is 13.8 Å². The molecule has 7 fully saturated rings. The smallest absolute Gasteiger partial charge is 0.187 e. The summed E-state index contributed by atoms with van der Waals surface area (Å²) in [5.41, 5.74) is -2.61. The summed E-state index contributed by atoms with van der Waals surface area (Å²) in [6.45, 7) is 16.2. The minimum Gasteiger partial charge on any atom is -0.394 e. The Balaban J connectivity index is 1.10. The molecule has 0 radical (unpaired) electrons. The highest BCUT2D eigenvalue weighted by Crippen LogP contribution is 2.76. The van der Waals surface area contributed by atoms with Crippen LogP contribution >= 0.6 is 0 Å². The van der Waals surface area contributed by atoms with Gasteiger partial charge in [0.25, 0.3) is 0 Å². The van der Waals surface area contributed by atoms with Gasteiger partial charge in [0, 0.05) is 6.42 Å². The van der Waals surface area contributed by atoms with Crippen molar-refractivity contribution >= 4 is 0 Å². The van der Waals surface area contributed by atoms with Gasteiger partial charge < -0.3 is 69.6 Å². The molecule has 0 amide bonds. The van der Waals surface area contributed by atoms with Crippen LogP contribution in [0.2, 0.25) is 0 Å². The third-order valence-corrected chi connectivity index (χ3v) is 17.0. The normalized spacial score (nSPS) is 56.8. The van der Waals surface area contributed by atoms with Gasteiger partial charge >= 0.3 is 0 Å². The SMILES string of the molecule is CC(C)(O)[C@@H]1O[C@](C)([C@H]2CC[C@]3(C)[C@@H]2[C@H](O)C[C@@H]2[C@@]4(C)CC[C@H](O[C@@H]5OC[C@@H](O)[C@H](O)[C@H]5O[C@@H]5O[C@H](CO)[C@@H](O)[C@H](O)[C@H]5O)C(C)(C)[C@@H]4CC[C@]23C)C[C@@H]1O. The van der Waals surface area contributed by atoms with E-state index in [1.807, 2.05) is 0 Å². The molecule has 55 heavy (non-hydrogen) atoms. The molecule has 0 unspecified atom stereocenters. The first-order chi connectivity index (χ1) is 25.4.